The van der Waals surface area contributed by atoms with Crippen LogP contribution in [0.25, 0.3) is 0 Å². The fraction of sp³-hybridized carbons (Fsp3) is 0.650. The zero-order valence-electron chi connectivity index (χ0n) is 15.2. The molecule has 23 heavy (non-hydrogen) atoms. The third-order valence-corrected chi connectivity index (χ3v) is 4.11. The molecule has 0 heterocycles. The zero-order valence-corrected chi connectivity index (χ0v) is 15.2. The lowest BCUT2D eigenvalue weighted by molar-refractivity contribution is 0.0697. The van der Waals surface area contributed by atoms with Gasteiger partial charge >= 0.3 is 5.97 Å². The summed E-state index contributed by atoms with van der Waals surface area (Å²) in [4.78, 5) is 10.2. The highest BCUT2D eigenvalue weighted by molar-refractivity contribution is 5.87. The Morgan fingerprint density at radius 1 is 0.913 bits per heavy atom. The number of carbonyl (C=O) groups is 1. The van der Waals surface area contributed by atoms with Crippen LogP contribution in [0.5, 0.6) is 0 Å². The summed E-state index contributed by atoms with van der Waals surface area (Å²) in [6.45, 7) is 6.75. The predicted molar refractivity (Wildman–Crippen MR) is 98.9 cm³/mol. The van der Waals surface area contributed by atoms with E-state index in [-0.39, 0.29) is 5.54 Å². The fourth-order valence-electron chi connectivity index (χ4n) is 2.54. The van der Waals surface area contributed by atoms with Crippen molar-refractivity contribution in [1.82, 2.24) is 0 Å². The molecular formula is C20H35NO2. The van der Waals surface area contributed by atoms with E-state index in [9.17, 15) is 4.79 Å². The van der Waals surface area contributed by atoms with Gasteiger partial charge < -0.3 is 10.8 Å². The molecule has 1 rings (SSSR count). The number of benzene rings is 1. The molecule has 0 saturated heterocycles. The Morgan fingerprint density at radius 2 is 1.30 bits per heavy atom. The van der Waals surface area contributed by atoms with Crippen LogP contribution in [-0.4, -0.2) is 16.6 Å². The van der Waals surface area contributed by atoms with Gasteiger partial charge in [-0.3, -0.25) is 0 Å². The molecule has 0 amide bonds. The maximum Gasteiger partial charge on any atom is 0.335 e. The Labute approximate surface area is 142 Å². The molecule has 0 radical (unpaired) electrons. The van der Waals surface area contributed by atoms with Gasteiger partial charge in [-0.15, -0.1) is 0 Å². The zero-order chi connectivity index (χ0) is 17.6. The van der Waals surface area contributed by atoms with Crippen molar-refractivity contribution in [3.8, 4) is 0 Å². The monoisotopic (exact) mass is 321 g/mol. The van der Waals surface area contributed by atoms with E-state index in [2.05, 4.69) is 20.8 Å². The highest BCUT2D eigenvalue weighted by Gasteiger charge is 2.22. The molecule has 0 spiro atoms. The molecule has 0 fully saturated rings. The van der Waals surface area contributed by atoms with Gasteiger partial charge in [0.25, 0.3) is 0 Å². The van der Waals surface area contributed by atoms with Gasteiger partial charge in [0.05, 0.1) is 5.56 Å². The molecule has 3 N–H and O–H groups in total. The van der Waals surface area contributed by atoms with Crippen molar-refractivity contribution < 1.29 is 9.90 Å². The highest BCUT2D eigenvalue weighted by Crippen LogP contribution is 2.24. The van der Waals surface area contributed by atoms with Crippen LogP contribution in [0.3, 0.4) is 0 Å². The lowest BCUT2D eigenvalue weighted by atomic mass is 9.84. The van der Waals surface area contributed by atoms with Gasteiger partial charge in [0.15, 0.2) is 0 Å². The number of aromatic carboxylic acids is 1. The molecule has 0 aromatic heterocycles. The van der Waals surface area contributed by atoms with Crippen molar-refractivity contribution >= 4 is 5.97 Å². The molecule has 0 saturated carbocycles. The second-order valence-electron chi connectivity index (χ2n) is 6.34. The van der Waals surface area contributed by atoms with Gasteiger partial charge in [-0.05, 0) is 31.4 Å². The first kappa shape index (κ1) is 21.6. The number of rotatable bonds is 10. The average molecular weight is 322 g/mol. The van der Waals surface area contributed by atoms with Crippen LogP contribution in [0.2, 0.25) is 0 Å². The van der Waals surface area contributed by atoms with Crippen LogP contribution in [0.1, 0.15) is 88.9 Å². The number of carboxylic acid groups (broad SMARTS) is 1. The van der Waals surface area contributed by atoms with E-state index in [1.54, 1.807) is 30.3 Å². The van der Waals surface area contributed by atoms with Gasteiger partial charge in [0, 0.05) is 5.54 Å². The van der Waals surface area contributed by atoms with Crippen LogP contribution in [0.4, 0.5) is 0 Å². The molecular weight excluding hydrogens is 286 g/mol. The minimum atomic E-state index is -0.879. The largest absolute Gasteiger partial charge is 0.478 e. The van der Waals surface area contributed by atoms with Crippen LogP contribution in [0.15, 0.2) is 30.3 Å². The van der Waals surface area contributed by atoms with E-state index < -0.39 is 5.97 Å². The van der Waals surface area contributed by atoms with E-state index >= 15 is 0 Å². The third-order valence-electron chi connectivity index (χ3n) is 4.11. The standard InChI is InChI=1S/C13H29N.C7H6O2/c1-4-7-10-13(14,11-8-5-2)12-9-6-3;8-7(9)6-4-2-1-3-5-6/h4-12,14H2,1-3H3;1-5H,(H,8,9). The first-order chi connectivity index (χ1) is 11.0. The molecule has 1 aromatic carbocycles. The van der Waals surface area contributed by atoms with E-state index in [4.69, 9.17) is 10.8 Å². The maximum absolute atomic E-state index is 10.2. The van der Waals surface area contributed by atoms with Crippen molar-refractivity contribution in [2.75, 3.05) is 0 Å². The molecule has 3 heteroatoms. The van der Waals surface area contributed by atoms with Gasteiger partial charge in [-0.1, -0.05) is 77.5 Å². The Bertz CT molecular complexity index is 382. The number of unbranched alkanes of at least 4 members (excludes halogenated alkanes) is 3. The Hall–Kier alpha value is -1.35. The van der Waals surface area contributed by atoms with E-state index in [0.29, 0.717) is 5.56 Å². The van der Waals surface area contributed by atoms with Gasteiger partial charge in [-0.25, -0.2) is 4.79 Å². The molecule has 0 aliphatic carbocycles. The number of hydrogen-bond acceptors (Lipinski definition) is 2. The number of nitrogens with two attached hydrogens (primary N) is 1. The topological polar surface area (TPSA) is 63.3 Å². The fourth-order valence-corrected chi connectivity index (χ4v) is 2.54. The van der Waals surface area contributed by atoms with Crippen molar-refractivity contribution in [2.45, 2.75) is 84.1 Å². The second-order valence-corrected chi connectivity index (χ2v) is 6.34. The second kappa shape index (κ2) is 13.1. The Kier molecular flexibility index (Phi) is 12.4. The van der Waals surface area contributed by atoms with Crippen LogP contribution >= 0.6 is 0 Å². The minimum Gasteiger partial charge on any atom is -0.478 e. The summed E-state index contributed by atoms with van der Waals surface area (Å²) in [6.07, 6.45) is 11.4. The lowest BCUT2D eigenvalue weighted by Gasteiger charge is -2.29. The maximum atomic E-state index is 10.2. The van der Waals surface area contributed by atoms with Gasteiger partial charge in [-0.2, -0.15) is 0 Å². The Balaban J connectivity index is 0.000000459. The van der Waals surface area contributed by atoms with E-state index in [1.165, 1.54) is 57.8 Å². The van der Waals surface area contributed by atoms with Crippen molar-refractivity contribution in [3.05, 3.63) is 35.9 Å². The molecule has 0 bridgehead atoms. The third kappa shape index (κ3) is 10.9. The van der Waals surface area contributed by atoms with Crippen molar-refractivity contribution in [2.24, 2.45) is 5.73 Å². The van der Waals surface area contributed by atoms with Gasteiger partial charge in [0.1, 0.15) is 0 Å². The van der Waals surface area contributed by atoms with E-state index in [1.807, 2.05) is 0 Å². The molecule has 0 unspecified atom stereocenters. The highest BCUT2D eigenvalue weighted by atomic mass is 16.4. The molecule has 0 aliphatic rings. The van der Waals surface area contributed by atoms with Crippen LogP contribution < -0.4 is 5.73 Å². The summed E-state index contributed by atoms with van der Waals surface area (Å²) in [6, 6.07) is 8.30. The normalized spacial score (nSPS) is 10.8. The summed E-state index contributed by atoms with van der Waals surface area (Å²) in [5, 5.41) is 8.38. The Morgan fingerprint density at radius 3 is 1.57 bits per heavy atom. The average Bonchev–Trinajstić information content (AvgIpc) is 2.58. The summed E-state index contributed by atoms with van der Waals surface area (Å²) in [5.41, 5.74) is 6.94. The predicted octanol–water partition coefficient (Wildman–Crippen LogP) is 5.64. The lowest BCUT2D eigenvalue weighted by Crippen LogP contribution is -2.39. The van der Waals surface area contributed by atoms with Crippen molar-refractivity contribution in [1.29, 1.82) is 0 Å². The molecule has 3 nitrogen and oxygen atoms in total. The quantitative estimate of drug-likeness (QED) is 0.586. The van der Waals surface area contributed by atoms with Crippen molar-refractivity contribution in [3.63, 3.8) is 0 Å². The first-order valence-electron chi connectivity index (χ1n) is 9.06. The SMILES string of the molecule is CCCCC(N)(CCCC)CCCC.O=C(O)c1ccccc1. The summed E-state index contributed by atoms with van der Waals surface area (Å²) in [7, 11) is 0. The van der Waals surface area contributed by atoms with Crippen LogP contribution in [0, 0.1) is 0 Å². The summed E-state index contributed by atoms with van der Waals surface area (Å²) >= 11 is 0. The molecule has 0 atom stereocenters. The first-order valence-corrected chi connectivity index (χ1v) is 9.06. The summed E-state index contributed by atoms with van der Waals surface area (Å²) < 4.78 is 0. The minimum absolute atomic E-state index is 0.155. The number of carboxylic acids is 1. The van der Waals surface area contributed by atoms with E-state index in [0.717, 1.165) is 0 Å². The molecule has 0 aliphatic heterocycles. The van der Waals surface area contributed by atoms with Gasteiger partial charge in [0.2, 0.25) is 0 Å². The smallest absolute Gasteiger partial charge is 0.335 e. The van der Waals surface area contributed by atoms with Crippen LogP contribution in [-0.2, 0) is 0 Å². The number of hydrogen-bond donors (Lipinski definition) is 2. The molecule has 1 aromatic rings. The summed E-state index contributed by atoms with van der Waals surface area (Å²) in [5.74, 6) is -0.879. The molecule has 132 valence electrons.